The number of amides is 1. The Bertz CT molecular complexity index is 1280. The molecule has 2 saturated heterocycles. The van der Waals surface area contributed by atoms with Crippen LogP contribution in [0.25, 0.3) is 16.9 Å². The van der Waals surface area contributed by atoms with E-state index in [4.69, 9.17) is 14.4 Å². The number of hydrogen-bond donors (Lipinski definition) is 1. The number of aromatic nitrogens is 4. The van der Waals surface area contributed by atoms with E-state index in [1.165, 1.54) is 12.1 Å². The van der Waals surface area contributed by atoms with Crippen LogP contribution >= 0.6 is 0 Å². The number of benzene rings is 1. The summed E-state index contributed by atoms with van der Waals surface area (Å²) in [5, 5.41) is 16.7. The predicted molar refractivity (Wildman–Crippen MR) is 122 cm³/mol. The van der Waals surface area contributed by atoms with Gasteiger partial charge in [-0.05, 0) is 36.6 Å². The van der Waals surface area contributed by atoms with Gasteiger partial charge in [0.05, 0.1) is 17.1 Å². The number of carbonyl (C=O) groups excluding carboxylic acids is 1. The summed E-state index contributed by atoms with van der Waals surface area (Å²) in [6, 6.07) is 5.15. The van der Waals surface area contributed by atoms with E-state index >= 15 is 0 Å². The van der Waals surface area contributed by atoms with Gasteiger partial charge in [-0.3, -0.25) is 9.69 Å². The average Bonchev–Trinajstić information content (AvgIpc) is 3.42. The normalized spacial score (nSPS) is 17.4. The van der Waals surface area contributed by atoms with Crippen LogP contribution in [0.5, 0.6) is 0 Å². The van der Waals surface area contributed by atoms with Crippen molar-refractivity contribution in [1.29, 1.82) is 0 Å². The molecule has 4 heterocycles. The highest BCUT2D eigenvalue weighted by atomic mass is 19.4. The molecule has 0 radical (unpaired) electrons. The van der Waals surface area contributed by atoms with Crippen molar-refractivity contribution in [3.8, 4) is 5.95 Å². The monoisotopic (exact) mass is 526 g/mol. The molecule has 0 unspecified atom stereocenters. The fourth-order valence-corrected chi connectivity index (χ4v) is 4.56. The molecule has 0 atom stereocenters. The molecular weight excluding hydrogens is 500 g/mol. The number of carboxylic acid groups (broad SMARTS) is 1. The third-order valence-corrected chi connectivity index (χ3v) is 6.60. The molecule has 37 heavy (non-hydrogen) atoms. The van der Waals surface area contributed by atoms with Gasteiger partial charge >= 0.3 is 12.1 Å². The third kappa shape index (κ3) is 5.73. The summed E-state index contributed by atoms with van der Waals surface area (Å²) in [4.78, 5) is 29.3. The van der Waals surface area contributed by atoms with E-state index in [1.807, 2.05) is 11.8 Å². The summed E-state index contributed by atoms with van der Waals surface area (Å²) >= 11 is 0. The quantitative estimate of drug-likeness (QED) is 0.516. The molecule has 200 valence electrons. The lowest BCUT2D eigenvalue weighted by Gasteiger charge is -2.45. The second-order valence-electron chi connectivity index (χ2n) is 9.00. The largest absolute Gasteiger partial charge is 0.490 e. The van der Waals surface area contributed by atoms with Gasteiger partial charge in [0, 0.05) is 50.6 Å². The van der Waals surface area contributed by atoms with Crippen molar-refractivity contribution in [2.45, 2.75) is 51.2 Å². The van der Waals surface area contributed by atoms with Gasteiger partial charge in [0.25, 0.3) is 5.95 Å². The molecule has 2 fully saturated rings. The summed E-state index contributed by atoms with van der Waals surface area (Å²) in [7, 11) is 0. The molecule has 1 amide bonds. The fourth-order valence-electron chi connectivity index (χ4n) is 4.56. The Hall–Kier alpha value is -3.55. The van der Waals surface area contributed by atoms with Crippen LogP contribution in [0.15, 0.2) is 22.7 Å². The zero-order valence-corrected chi connectivity index (χ0v) is 20.2. The number of alkyl halides is 3. The molecule has 3 aromatic rings. The molecule has 1 N–H and O–H groups in total. The molecule has 0 spiro atoms. The average molecular weight is 526 g/mol. The maximum absolute atomic E-state index is 13.8. The van der Waals surface area contributed by atoms with Crippen LogP contribution < -0.4 is 0 Å². The Labute approximate surface area is 208 Å². The van der Waals surface area contributed by atoms with Crippen molar-refractivity contribution in [3.63, 3.8) is 0 Å². The Balaban J connectivity index is 0.000000405. The lowest BCUT2D eigenvalue weighted by atomic mass is 9.93. The number of piperidine rings is 1. The van der Waals surface area contributed by atoms with Crippen molar-refractivity contribution >= 4 is 22.8 Å². The standard InChI is InChI=1S/C21H25FN6O2.C2HF3O2/c1-3-18-17-5-4-15(22)10-19(17)28(24-18)21-23-20(30-25-21)14-11-27(12-14)16-6-8-26(9-7-16)13(2)29;3-2(4,5)1(6)7/h4-5,10,14,16H,3,6-9,11-12H2,1-2H3;(H,6,7). The fraction of sp³-hybridized carbons (Fsp3) is 0.522. The highest BCUT2D eigenvalue weighted by molar-refractivity contribution is 5.83. The topological polar surface area (TPSA) is 118 Å². The Morgan fingerprint density at radius 1 is 1.19 bits per heavy atom. The number of halogens is 4. The van der Waals surface area contributed by atoms with E-state index in [0.29, 0.717) is 23.4 Å². The molecule has 2 aromatic heterocycles. The number of fused-ring (bicyclic) bond motifs is 1. The van der Waals surface area contributed by atoms with Crippen LogP contribution in [0.1, 0.15) is 44.2 Å². The van der Waals surface area contributed by atoms with Gasteiger partial charge in [-0.1, -0.05) is 6.92 Å². The van der Waals surface area contributed by atoms with E-state index in [1.54, 1.807) is 17.7 Å². The molecule has 5 rings (SSSR count). The number of rotatable bonds is 4. The maximum atomic E-state index is 13.8. The molecule has 2 aliphatic rings. The number of hydrogen-bond acceptors (Lipinski definition) is 7. The minimum Gasteiger partial charge on any atom is -0.475 e. The van der Waals surface area contributed by atoms with Gasteiger partial charge in [0.15, 0.2) is 0 Å². The summed E-state index contributed by atoms with van der Waals surface area (Å²) in [5.74, 6) is -1.78. The Kier molecular flexibility index (Phi) is 7.48. The Morgan fingerprint density at radius 3 is 2.41 bits per heavy atom. The first-order valence-electron chi connectivity index (χ1n) is 11.8. The minimum absolute atomic E-state index is 0.158. The van der Waals surface area contributed by atoms with Gasteiger partial charge in [-0.15, -0.1) is 0 Å². The lowest BCUT2D eigenvalue weighted by Crippen LogP contribution is -2.54. The van der Waals surface area contributed by atoms with E-state index in [-0.39, 0.29) is 17.6 Å². The van der Waals surface area contributed by atoms with Crippen molar-refractivity contribution in [2.75, 3.05) is 26.2 Å². The first kappa shape index (κ1) is 26.5. The minimum atomic E-state index is -5.08. The zero-order valence-electron chi connectivity index (χ0n) is 20.2. The summed E-state index contributed by atoms with van der Waals surface area (Å²) in [6.07, 6.45) is -2.34. The summed E-state index contributed by atoms with van der Waals surface area (Å²) < 4.78 is 52.6. The van der Waals surface area contributed by atoms with Gasteiger partial charge in [0.2, 0.25) is 11.8 Å². The van der Waals surface area contributed by atoms with Crippen LogP contribution in [-0.2, 0) is 16.0 Å². The van der Waals surface area contributed by atoms with E-state index < -0.39 is 12.1 Å². The van der Waals surface area contributed by atoms with E-state index in [0.717, 1.165) is 56.5 Å². The molecule has 0 bridgehead atoms. The summed E-state index contributed by atoms with van der Waals surface area (Å²) in [6.45, 7) is 7.06. The predicted octanol–water partition coefficient (Wildman–Crippen LogP) is 3.15. The second kappa shape index (κ2) is 10.4. The Morgan fingerprint density at radius 2 is 1.84 bits per heavy atom. The van der Waals surface area contributed by atoms with Crippen molar-refractivity contribution in [2.24, 2.45) is 0 Å². The van der Waals surface area contributed by atoms with Gasteiger partial charge < -0.3 is 14.5 Å². The number of aliphatic carboxylic acids is 1. The maximum Gasteiger partial charge on any atom is 0.490 e. The highest BCUT2D eigenvalue weighted by Crippen LogP contribution is 2.32. The van der Waals surface area contributed by atoms with Crippen LogP contribution in [0, 0.1) is 5.82 Å². The van der Waals surface area contributed by atoms with Gasteiger partial charge in [-0.25, -0.2) is 9.18 Å². The van der Waals surface area contributed by atoms with Crippen molar-refractivity contribution < 1.29 is 36.8 Å². The number of aryl methyl sites for hydroxylation is 1. The number of carbonyl (C=O) groups is 2. The molecule has 1 aromatic carbocycles. The summed E-state index contributed by atoms with van der Waals surface area (Å²) in [5.41, 5.74) is 1.52. The molecule has 14 heteroatoms. The number of nitrogens with zero attached hydrogens (tertiary/aromatic N) is 6. The van der Waals surface area contributed by atoms with E-state index in [9.17, 15) is 22.4 Å². The van der Waals surface area contributed by atoms with Crippen LogP contribution in [0.4, 0.5) is 17.6 Å². The molecule has 0 saturated carbocycles. The first-order valence-corrected chi connectivity index (χ1v) is 11.8. The van der Waals surface area contributed by atoms with E-state index in [2.05, 4.69) is 20.1 Å². The highest BCUT2D eigenvalue weighted by Gasteiger charge is 2.39. The lowest BCUT2D eigenvalue weighted by molar-refractivity contribution is -0.192. The van der Waals surface area contributed by atoms with Crippen molar-refractivity contribution in [1.82, 2.24) is 29.7 Å². The van der Waals surface area contributed by atoms with Crippen molar-refractivity contribution in [3.05, 3.63) is 35.6 Å². The molecular formula is C23H26F4N6O4. The number of carboxylic acids is 1. The smallest absolute Gasteiger partial charge is 0.475 e. The van der Waals surface area contributed by atoms with Crippen LogP contribution in [0.3, 0.4) is 0 Å². The van der Waals surface area contributed by atoms with Crippen LogP contribution in [-0.4, -0.2) is 85.1 Å². The molecule has 0 aliphatic carbocycles. The van der Waals surface area contributed by atoms with Gasteiger partial charge in [-0.2, -0.15) is 27.9 Å². The second-order valence-corrected chi connectivity index (χ2v) is 9.00. The third-order valence-electron chi connectivity index (χ3n) is 6.60. The molecule has 2 aliphatic heterocycles. The van der Waals surface area contributed by atoms with Gasteiger partial charge in [0.1, 0.15) is 5.82 Å². The first-order chi connectivity index (χ1) is 17.5. The molecule has 10 nitrogen and oxygen atoms in total. The number of likely N-dealkylation sites (tertiary alicyclic amines) is 2. The zero-order chi connectivity index (χ0) is 26.9. The SMILES string of the molecule is CCc1nn(-c2noc(C3CN(C4CCN(C(C)=O)CC4)C3)n2)c2cc(F)ccc12.O=C(O)C(F)(F)F. The van der Waals surface area contributed by atoms with Crippen LogP contribution in [0.2, 0.25) is 0 Å².